The molecule has 0 atom stereocenters. The maximum atomic E-state index is 13.4. The summed E-state index contributed by atoms with van der Waals surface area (Å²) in [6, 6.07) is 5.02. The third kappa shape index (κ3) is 16.3. The molecular formula is C40H64N2O10Si. The van der Waals surface area contributed by atoms with Crippen LogP contribution in [0.25, 0.3) is 5.76 Å². The summed E-state index contributed by atoms with van der Waals surface area (Å²) in [6.07, 6.45) is 6.21. The van der Waals surface area contributed by atoms with Crippen molar-refractivity contribution in [3.8, 4) is 11.5 Å². The molecule has 1 aromatic carbocycles. The lowest BCUT2D eigenvalue weighted by molar-refractivity contribution is -0.158. The van der Waals surface area contributed by atoms with E-state index in [1.54, 1.807) is 84.0 Å². The van der Waals surface area contributed by atoms with Gasteiger partial charge in [-0.3, -0.25) is 4.79 Å². The van der Waals surface area contributed by atoms with Crippen LogP contribution in [0.2, 0.25) is 18.1 Å². The number of esters is 2. The highest BCUT2D eigenvalue weighted by molar-refractivity contribution is 6.74. The number of amides is 2. The molecule has 0 aliphatic carbocycles. The van der Waals surface area contributed by atoms with E-state index in [9.17, 15) is 19.2 Å². The predicted octanol–water partition coefficient (Wildman–Crippen LogP) is 8.11. The van der Waals surface area contributed by atoms with Crippen LogP contribution in [-0.4, -0.2) is 92.2 Å². The van der Waals surface area contributed by atoms with E-state index in [2.05, 4.69) is 33.9 Å². The van der Waals surface area contributed by atoms with Crippen LogP contribution >= 0.6 is 0 Å². The van der Waals surface area contributed by atoms with Crippen LogP contribution in [0.4, 0.5) is 4.79 Å². The highest BCUT2D eigenvalue weighted by Crippen LogP contribution is 2.41. The first kappa shape index (κ1) is 45.2. The van der Waals surface area contributed by atoms with Crippen molar-refractivity contribution < 1.29 is 47.3 Å². The van der Waals surface area contributed by atoms with Crippen molar-refractivity contribution >= 4 is 38.0 Å². The molecule has 0 unspecified atom stereocenters. The second-order valence-corrected chi connectivity index (χ2v) is 22.6. The maximum absolute atomic E-state index is 13.4. The van der Waals surface area contributed by atoms with Crippen molar-refractivity contribution in [1.29, 1.82) is 0 Å². The van der Waals surface area contributed by atoms with Gasteiger partial charge >= 0.3 is 18.0 Å². The Balaban J connectivity index is 2.40. The highest BCUT2D eigenvalue weighted by atomic mass is 28.4. The molecule has 0 radical (unpaired) electrons. The van der Waals surface area contributed by atoms with Crippen LogP contribution in [0.1, 0.15) is 101 Å². The van der Waals surface area contributed by atoms with E-state index in [0.717, 1.165) is 12.8 Å². The Morgan fingerprint density at radius 1 is 0.774 bits per heavy atom. The van der Waals surface area contributed by atoms with Gasteiger partial charge in [0.1, 0.15) is 22.6 Å². The van der Waals surface area contributed by atoms with E-state index >= 15 is 0 Å². The van der Waals surface area contributed by atoms with Gasteiger partial charge in [-0.15, -0.1) is 0 Å². The van der Waals surface area contributed by atoms with E-state index < -0.39 is 43.7 Å². The molecule has 0 N–H and O–H groups in total. The number of likely N-dealkylation sites (tertiary alicyclic amines) is 1. The number of hydrogen-bond donors (Lipinski definition) is 0. The van der Waals surface area contributed by atoms with E-state index in [-0.39, 0.29) is 41.1 Å². The molecular weight excluding hydrogens is 696 g/mol. The Labute approximate surface area is 318 Å². The molecule has 1 saturated heterocycles. The lowest BCUT2D eigenvalue weighted by Gasteiger charge is -2.37. The molecule has 13 heteroatoms. The third-order valence-electron chi connectivity index (χ3n) is 8.29. The van der Waals surface area contributed by atoms with Crippen molar-refractivity contribution in [2.24, 2.45) is 5.92 Å². The normalized spacial score (nSPS) is 15.2. The molecule has 0 spiro atoms. The summed E-state index contributed by atoms with van der Waals surface area (Å²) in [6.45, 7) is 27.0. The largest absolute Gasteiger partial charge is 0.542 e. The monoisotopic (exact) mass is 759 g/mol. The zero-order chi connectivity index (χ0) is 40.6. The smallest absolute Gasteiger partial charge is 0.410 e. The van der Waals surface area contributed by atoms with Gasteiger partial charge in [0.05, 0.1) is 0 Å². The third-order valence-corrected chi connectivity index (χ3v) is 12.6. The van der Waals surface area contributed by atoms with Crippen LogP contribution in [0.3, 0.4) is 0 Å². The lowest BCUT2D eigenvalue weighted by Crippen LogP contribution is -2.41. The van der Waals surface area contributed by atoms with Gasteiger partial charge in [0.2, 0.25) is 5.91 Å². The van der Waals surface area contributed by atoms with Gasteiger partial charge in [0.15, 0.2) is 24.7 Å². The first-order chi connectivity index (χ1) is 24.0. The topological polar surface area (TPSA) is 130 Å². The Bertz CT molecular complexity index is 1500. The molecule has 12 nitrogen and oxygen atoms in total. The fourth-order valence-corrected chi connectivity index (χ4v) is 5.70. The number of piperidine rings is 1. The van der Waals surface area contributed by atoms with Gasteiger partial charge in [-0.25, -0.2) is 14.4 Å². The van der Waals surface area contributed by atoms with Gasteiger partial charge in [-0.05, 0) is 123 Å². The minimum Gasteiger partial charge on any atom is -0.542 e. The van der Waals surface area contributed by atoms with E-state index in [1.165, 1.54) is 4.90 Å². The van der Waals surface area contributed by atoms with Gasteiger partial charge in [0, 0.05) is 31.9 Å². The summed E-state index contributed by atoms with van der Waals surface area (Å²) >= 11 is 0. The maximum Gasteiger partial charge on any atom is 0.410 e. The van der Waals surface area contributed by atoms with Gasteiger partial charge < -0.3 is 37.9 Å². The number of likely N-dealkylation sites (N-methyl/N-ethyl adjacent to an activating group) is 1. The molecule has 0 aromatic heterocycles. The van der Waals surface area contributed by atoms with Crippen LogP contribution < -0.4 is 9.47 Å². The number of allylic oxidation sites excluding steroid dienone is 1. The first-order valence-electron chi connectivity index (χ1n) is 18.2. The average molecular weight is 760 g/mol. The van der Waals surface area contributed by atoms with Gasteiger partial charge in [0.25, 0.3) is 8.32 Å². The van der Waals surface area contributed by atoms with Crippen molar-refractivity contribution in [1.82, 2.24) is 9.80 Å². The molecule has 1 aliphatic rings. The van der Waals surface area contributed by atoms with E-state index in [1.807, 2.05) is 26.8 Å². The second-order valence-electron chi connectivity index (χ2n) is 17.9. The standard InChI is InChI=1S/C40H64N2O10Si/c1-37(2,3)49-34(44)26-47-30-18-17-29(24-31(30)48-27-35(45)50-38(4,5)6)32(52-53(14,15)40(10,11)12)25-41(13)33(43)19-16-28-20-22-42(23-21-28)36(46)51-39(7,8)9/h16-19,24-25,28H,20-23,26-27H2,1-15H3/b19-16+,32-25-/i13-1. The predicted molar refractivity (Wildman–Crippen MR) is 208 cm³/mol. The molecule has 2 amide bonds. The number of nitrogens with zero attached hydrogens (tertiary/aromatic N) is 2. The quantitative estimate of drug-likeness (QED) is 0.0678. The zero-order valence-electron chi connectivity index (χ0n) is 34.8. The summed E-state index contributed by atoms with van der Waals surface area (Å²) < 4.78 is 34.8. The van der Waals surface area contributed by atoms with Crippen LogP contribution in [0, 0.1) is 5.92 Å². The molecule has 1 heterocycles. The zero-order valence-corrected chi connectivity index (χ0v) is 35.8. The van der Waals surface area contributed by atoms with Crippen molar-refractivity contribution in [2.75, 3.05) is 33.4 Å². The number of ether oxygens (including phenoxy) is 5. The molecule has 1 aliphatic heterocycles. The highest BCUT2D eigenvalue weighted by Gasteiger charge is 2.40. The summed E-state index contributed by atoms with van der Waals surface area (Å²) in [7, 11) is -0.792. The minimum atomic E-state index is -2.45. The Hall–Kier alpha value is -4.00. The summed E-state index contributed by atoms with van der Waals surface area (Å²) in [5.74, 6) is -0.462. The molecule has 0 saturated carbocycles. The van der Waals surface area contributed by atoms with Crippen molar-refractivity contribution in [2.45, 2.75) is 131 Å². The SMILES string of the molecule is CC(C)(C)OC(=O)COc1ccc(/C(=C/N([11CH3])C(=O)/C=C/C2CCN(C(=O)OC(C)(C)C)CC2)O[Si](C)(C)C(C)(C)C)cc1OCC(=O)OC(C)(C)C. The molecule has 1 aromatic rings. The Morgan fingerprint density at radius 2 is 1.26 bits per heavy atom. The minimum absolute atomic E-state index is 0.135. The van der Waals surface area contributed by atoms with Gasteiger partial charge in [-0.2, -0.15) is 0 Å². The van der Waals surface area contributed by atoms with Crippen LogP contribution in [-0.2, 0) is 33.0 Å². The van der Waals surface area contributed by atoms with Crippen molar-refractivity contribution in [3.63, 3.8) is 0 Å². The van der Waals surface area contributed by atoms with Crippen molar-refractivity contribution in [3.05, 3.63) is 42.1 Å². The average Bonchev–Trinajstić information content (AvgIpc) is 2.98. The van der Waals surface area contributed by atoms with Crippen LogP contribution in [0.5, 0.6) is 11.5 Å². The lowest BCUT2D eigenvalue weighted by atomic mass is 9.96. The fourth-order valence-electron chi connectivity index (χ4n) is 4.67. The fraction of sp³-hybridized carbons (Fsp3) is 0.650. The Kier molecular flexibility index (Phi) is 15.2. The number of hydrogen-bond acceptors (Lipinski definition) is 10. The van der Waals surface area contributed by atoms with E-state index in [4.69, 9.17) is 28.1 Å². The number of carbonyl (C=O) groups is 4. The summed E-state index contributed by atoms with van der Waals surface area (Å²) in [4.78, 5) is 54.1. The summed E-state index contributed by atoms with van der Waals surface area (Å²) in [5.41, 5.74) is -1.40. The number of benzene rings is 1. The summed E-state index contributed by atoms with van der Waals surface area (Å²) in [5, 5.41) is -0.171. The number of rotatable bonds is 12. The van der Waals surface area contributed by atoms with E-state index in [0.29, 0.717) is 24.4 Å². The first-order valence-corrected chi connectivity index (χ1v) is 21.1. The molecule has 2 rings (SSSR count). The second kappa shape index (κ2) is 17.9. The molecule has 0 bridgehead atoms. The molecule has 1 fully saturated rings. The van der Waals surface area contributed by atoms with Crippen LogP contribution in [0.15, 0.2) is 36.6 Å². The molecule has 298 valence electrons. The van der Waals surface area contributed by atoms with Gasteiger partial charge in [-0.1, -0.05) is 26.8 Å². The Morgan fingerprint density at radius 3 is 1.74 bits per heavy atom. The number of carbonyl (C=O) groups excluding carboxylic acids is 4. The molecule has 53 heavy (non-hydrogen) atoms.